The van der Waals surface area contributed by atoms with E-state index in [9.17, 15) is 14.0 Å². The summed E-state index contributed by atoms with van der Waals surface area (Å²) in [5.41, 5.74) is 1.45. The second-order valence-corrected chi connectivity index (χ2v) is 9.64. The summed E-state index contributed by atoms with van der Waals surface area (Å²) < 4.78 is 30.2. The van der Waals surface area contributed by atoms with Crippen LogP contribution in [0.2, 0.25) is 10.0 Å². The highest BCUT2D eigenvalue weighted by Crippen LogP contribution is 2.35. The Bertz CT molecular complexity index is 1330. The molecule has 0 aromatic heterocycles. The Labute approximate surface area is 227 Å². The first-order valence-corrected chi connectivity index (χ1v) is 12.9. The molecule has 10 heteroatoms. The molecular formula is C27H22Cl2FNO5S. The van der Waals surface area contributed by atoms with Crippen LogP contribution in [0.15, 0.2) is 65.6 Å². The monoisotopic (exact) mass is 561 g/mol. The van der Waals surface area contributed by atoms with E-state index in [0.29, 0.717) is 39.5 Å². The standard InChI is InChI=1S/C27H22Cl2FNO5S/c1-2-34-24-13-17(3-10-23(24)36-16-18-4-5-19(28)15-22(18)29)14-25-26(32)31(27(33)37-25)11-12-35-21-8-6-20(30)7-9-21/h3-10,13-15H,2,11-12,16H2,1H3/b25-14-. The molecule has 6 nitrogen and oxygen atoms in total. The lowest BCUT2D eigenvalue weighted by molar-refractivity contribution is -0.123. The van der Waals surface area contributed by atoms with E-state index in [-0.39, 0.29) is 35.7 Å². The third-order valence-corrected chi connectivity index (χ3v) is 6.73. The van der Waals surface area contributed by atoms with Gasteiger partial charge in [0.05, 0.1) is 18.1 Å². The first-order chi connectivity index (χ1) is 17.8. The van der Waals surface area contributed by atoms with E-state index in [1.807, 2.05) is 6.92 Å². The summed E-state index contributed by atoms with van der Waals surface area (Å²) in [6.07, 6.45) is 1.63. The molecule has 4 rings (SSSR count). The number of benzene rings is 3. The summed E-state index contributed by atoms with van der Waals surface area (Å²) in [5, 5.41) is 0.655. The van der Waals surface area contributed by atoms with Gasteiger partial charge >= 0.3 is 0 Å². The molecule has 0 unspecified atom stereocenters. The summed E-state index contributed by atoms with van der Waals surface area (Å²) in [6, 6.07) is 15.9. The van der Waals surface area contributed by atoms with E-state index >= 15 is 0 Å². The van der Waals surface area contributed by atoms with Crippen LogP contribution in [0.5, 0.6) is 17.2 Å². The first-order valence-electron chi connectivity index (χ1n) is 11.3. The van der Waals surface area contributed by atoms with Crippen molar-refractivity contribution in [2.45, 2.75) is 13.5 Å². The van der Waals surface area contributed by atoms with Crippen molar-refractivity contribution in [2.24, 2.45) is 0 Å². The highest BCUT2D eigenvalue weighted by Gasteiger charge is 2.34. The number of imide groups is 1. The van der Waals surface area contributed by atoms with Crippen LogP contribution in [-0.4, -0.2) is 35.8 Å². The molecule has 0 aliphatic carbocycles. The number of thioether (sulfide) groups is 1. The van der Waals surface area contributed by atoms with Crippen molar-refractivity contribution >= 4 is 52.2 Å². The zero-order valence-electron chi connectivity index (χ0n) is 19.7. The molecule has 1 heterocycles. The molecule has 3 aromatic carbocycles. The largest absolute Gasteiger partial charge is 0.492 e. The number of ether oxygens (including phenoxy) is 3. The van der Waals surface area contributed by atoms with Crippen LogP contribution in [0.4, 0.5) is 9.18 Å². The van der Waals surface area contributed by atoms with Crippen molar-refractivity contribution in [1.82, 2.24) is 4.90 Å². The molecule has 0 spiro atoms. The average molecular weight is 562 g/mol. The Morgan fingerprint density at radius 3 is 2.46 bits per heavy atom. The van der Waals surface area contributed by atoms with Gasteiger partial charge in [-0.3, -0.25) is 14.5 Å². The predicted molar refractivity (Wildman–Crippen MR) is 143 cm³/mol. The van der Waals surface area contributed by atoms with Gasteiger partial charge in [0.2, 0.25) is 0 Å². The number of nitrogens with zero attached hydrogens (tertiary/aromatic N) is 1. The van der Waals surface area contributed by atoms with Crippen LogP contribution in [-0.2, 0) is 11.4 Å². The van der Waals surface area contributed by atoms with Crippen molar-refractivity contribution in [3.63, 3.8) is 0 Å². The summed E-state index contributed by atoms with van der Waals surface area (Å²) in [6.45, 7) is 2.64. The first kappa shape index (κ1) is 26.9. The van der Waals surface area contributed by atoms with Gasteiger partial charge in [-0.05, 0) is 78.9 Å². The predicted octanol–water partition coefficient (Wildman–Crippen LogP) is 7.23. The van der Waals surface area contributed by atoms with Crippen molar-refractivity contribution in [3.8, 4) is 17.2 Å². The normalized spacial score (nSPS) is 14.4. The zero-order chi connectivity index (χ0) is 26.4. The Morgan fingerprint density at radius 1 is 0.946 bits per heavy atom. The quantitative estimate of drug-likeness (QED) is 0.243. The minimum absolute atomic E-state index is 0.0730. The SMILES string of the molecule is CCOc1cc(/C=C2\SC(=O)N(CCOc3ccc(F)cc3)C2=O)ccc1OCc1ccc(Cl)cc1Cl. The zero-order valence-corrected chi connectivity index (χ0v) is 22.0. The minimum atomic E-state index is -0.409. The fourth-order valence-electron chi connectivity index (χ4n) is 3.43. The lowest BCUT2D eigenvalue weighted by atomic mass is 10.1. The number of hydrogen-bond donors (Lipinski definition) is 0. The van der Waals surface area contributed by atoms with Gasteiger partial charge in [0, 0.05) is 15.6 Å². The Kier molecular flexibility index (Phi) is 8.97. The van der Waals surface area contributed by atoms with Crippen LogP contribution in [0.3, 0.4) is 0 Å². The third kappa shape index (κ3) is 6.97. The van der Waals surface area contributed by atoms with Gasteiger partial charge in [-0.25, -0.2) is 4.39 Å². The maximum absolute atomic E-state index is 13.0. The van der Waals surface area contributed by atoms with E-state index in [0.717, 1.165) is 22.2 Å². The van der Waals surface area contributed by atoms with Crippen molar-refractivity contribution in [2.75, 3.05) is 19.8 Å². The van der Waals surface area contributed by atoms with Gasteiger partial charge < -0.3 is 14.2 Å². The third-order valence-electron chi connectivity index (χ3n) is 5.23. The maximum Gasteiger partial charge on any atom is 0.293 e. The van der Waals surface area contributed by atoms with E-state index in [2.05, 4.69) is 0 Å². The Hall–Kier alpha value is -3.20. The average Bonchev–Trinajstić information content (AvgIpc) is 3.13. The van der Waals surface area contributed by atoms with Gasteiger partial charge in [-0.1, -0.05) is 35.3 Å². The molecule has 0 radical (unpaired) electrons. The molecule has 3 aromatic rings. The van der Waals surface area contributed by atoms with Crippen molar-refractivity contribution in [3.05, 3.63) is 92.6 Å². The minimum Gasteiger partial charge on any atom is -0.492 e. The summed E-state index contributed by atoms with van der Waals surface area (Å²) >= 11 is 13.0. The molecule has 0 atom stereocenters. The number of halogens is 3. The lowest BCUT2D eigenvalue weighted by Gasteiger charge is -2.14. The van der Waals surface area contributed by atoms with Crippen LogP contribution >= 0.6 is 35.0 Å². The second-order valence-electron chi connectivity index (χ2n) is 7.80. The maximum atomic E-state index is 13.0. The topological polar surface area (TPSA) is 65.1 Å². The van der Waals surface area contributed by atoms with Gasteiger partial charge in [0.15, 0.2) is 11.5 Å². The Balaban J connectivity index is 1.42. The number of rotatable bonds is 10. The van der Waals surface area contributed by atoms with Crippen LogP contribution in [0, 0.1) is 5.82 Å². The molecule has 1 aliphatic rings. The summed E-state index contributed by atoms with van der Waals surface area (Å²) in [5.74, 6) is 0.673. The highest BCUT2D eigenvalue weighted by molar-refractivity contribution is 8.18. The second kappa shape index (κ2) is 12.4. The van der Waals surface area contributed by atoms with E-state index < -0.39 is 5.91 Å². The smallest absolute Gasteiger partial charge is 0.293 e. The van der Waals surface area contributed by atoms with Crippen molar-refractivity contribution < 1.29 is 28.2 Å². The van der Waals surface area contributed by atoms with E-state index in [1.165, 1.54) is 24.3 Å². The molecule has 2 amide bonds. The van der Waals surface area contributed by atoms with Gasteiger partial charge in [-0.15, -0.1) is 0 Å². The number of amides is 2. The van der Waals surface area contributed by atoms with Gasteiger partial charge in [0.25, 0.3) is 11.1 Å². The molecule has 37 heavy (non-hydrogen) atoms. The number of hydrogen-bond acceptors (Lipinski definition) is 6. The fraction of sp³-hybridized carbons (Fsp3) is 0.185. The molecule has 0 saturated carbocycles. The van der Waals surface area contributed by atoms with Crippen LogP contribution in [0.25, 0.3) is 6.08 Å². The molecule has 1 saturated heterocycles. The summed E-state index contributed by atoms with van der Waals surface area (Å²) in [7, 11) is 0. The van der Waals surface area contributed by atoms with Gasteiger partial charge in [0.1, 0.15) is 24.8 Å². The van der Waals surface area contributed by atoms with Crippen LogP contribution < -0.4 is 14.2 Å². The molecule has 1 fully saturated rings. The summed E-state index contributed by atoms with van der Waals surface area (Å²) in [4.78, 5) is 26.7. The fourth-order valence-corrected chi connectivity index (χ4v) is 4.75. The molecule has 1 aliphatic heterocycles. The highest BCUT2D eigenvalue weighted by atomic mass is 35.5. The van der Waals surface area contributed by atoms with Crippen LogP contribution in [0.1, 0.15) is 18.1 Å². The van der Waals surface area contributed by atoms with E-state index in [1.54, 1.807) is 42.5 Å². The van der Waals surface area contributed by atoms with Crippen molar-refractivity contribution in [1.29, 1.82) is 0 Å². The Morgan fingerprint density at radius 2 is 1.73 bits per heavy atom. The molecular weight excluding hydrogens is 540 g/mol. The number of carbonyl (C=O) groups is 2. The molecule has 192 valence electrons. The molecule has 0 N–H and O–H groups in total. The lowest BCUT2D eigenvalue weighted by Crippen LogP contribution is -2.32. The van der Waals surface area contributed by atoms with E-state index in [4.69, 9.17) is 37.4 Å². The number of carbonyl (C=O) groups excluding carboxylic acids is 2. The molecule has 0 bridgehead atoms. The van der Waals surface area contributed by atoms with Gasteiger partial charge in [-0.2, -0.15) is 0 Å².